The van der Waals surface area contributed by atoms with Gasteiger partial charge in [-0.3, -0.25) is 13.9 Å². The molecule has 0 spiro atoms. The van der Waals surface area contributed by atoms with Crippen LogP contribution in [0.3, 0.4) is 0 Å². The highest BCUT2D eigenvalue weighted by Gasteiger charge is 2.33. The van der Waals surface area contributed by atoms with Crippen molar-refractivity contribution in [2.75, 3.05) is 30.6 Å². The van der Waals surface area contributed by atoms with E-state index in [4.69, 9.17) is 21.1 Å². The van der Waals surface area contributed by atoms with E-state index in [1.54, 1.807) is 31.2 Å². The highest BCUT2D eigenvalue weighted by Crippen LogP contribution is 2.34. The van der Waals surface area contributed by atoms with E-state index in [1.165, 1.54) is 35.2 Å². The van der Waals surface area contributed by atoms with Crippen molar-refractivity contribution in [1.82, 2.24) is 10.2 Å². The smallest absolute Gasteiger partial charge is 0.264 e. The Balaban J connectivity index is 1.71. The minimum atomic E-state index is -4.38. The molecule has 1 N–H and O–H groups in total. The van der Waals surface area contributed by atoms with Gasteiger partial charge in [-0.25, -0.2) is 12.8 Å². The summed E-state index contributed by atoms with van der Waals surface area (Å²) in [7, 11) is -4.38. The van der Waals surface area contributed by atoms with Crippen LogP contribution in [0.15, 0.2) is 71.6 Å². The van der Waals surface area contributed by atoms with Crippen molar-refractivity contribution in [2.45, 2.75) is 38.3 Å². The Morgan fingerprint density at radius 3 is 2.31 bits per heavy atom. The van der Waals surface area contributed by atoms with Gasteiger partial charge in [0.2, 0.25) is 11.8 Å². The van der Waals surface area contributed by atoms with Crippen LogP contribution in [0.4, 0.5) is 10.1 Å². The molecule has 3 aromatic rings. The number of carbonyl (C=O) groups excluding carboxylic acids is 2. The highest BCUT2D eigenvalue weighted by atomic mass is 35.5. The number of carbonyl (C=O) groups is 2. The molecular weight excluding hydrogens is 585 g/mol. The number of fused-ring (bicyclic) bond motifs is 1. The summed E-state index contributed by atoms with van der Waals surface area (Å²) in [5, 5.41) is 3.22. The lowest BCUT2D eigenvalue weighted by atomic mass is 10.1. The van der Waals surface area contributed by atoms with E-state index in [0.29, 0.717) is 29.5 Å². The molecule has 4 rings (SSSR count). The van der Waals surface area contributed by atoms with E-state index < -0.39 is 40.2 Å². The van der Waals surface area contributed by atoms with Crippen LogP contribution in [0.1, 0.15) is 26.3 Å². The third kappa shape index (κ3) is 7.32. The highest BCUT2D eigenvalue weighted by molar-refractivity contribution is 7.92. The van der Waals surface area contributed by atoms with Gasteiger partial charge in [-0.15, -0.1) is 0 Å². The normalized spacial score (nSPS) is 13.4. The summed E-state index contributed by atoms with van der Waals surface area (Å²) in [5.74, 6) is -0.795. The number of amides is 2. The Labute approximate surface area is 250 Å². The number of nitrogens with one attached hydrogen (secondary N) is 1. The summed E-state index contributed by atoms with van der Waals surface area (Å²) in [6.45, 7) is 5.73. The molecule has 1 aliphatic rings. The Morgan fingerprint density at radius 2 is 1.64 bits per heavy atom. The second kappa shape index (κ2) is 13.4. The lowest BCUT2D eigenvalue weighted by Crippen LogP contribution is -2.51. The maximum atomic E-state index is 14.0. The molecular formula is C30H33ClFN3O6S. The van der Waals surface area contributed by atoms with E-state index >= 15 is 0 Å². The molecule has 0 fully saturated rings. The zero-order chi connectivity index (χ0) is 30.4. The SMILES string of the molecule is CC(C)CNC(=O)C(C)N(Cc1ccccc1Cl)C(=O)CN(c1ccc(F)cc1)S(=O)(=O)c1ccc2c(c1)OCCO2. The number of nitrogens with zero attached hydrogens (tertiary/aromatic N) is 2. The van der Waals surface area contributed by atoms with Gasteiger partial charge in [0.25, 0.3) is 10.0 Å². The summed E-state index contributed by atoms with van der Waals surface area (Å²) in [4.78, 5) is 28.2. The van der Waals surface area contributed by atoms with Crippen LogP contribution in [0, 0.1) is 11.7 Å². The standard InChI is InChI=1S/C30H33ClFN3O6S/c1-20(2)17-33-30(37)21(3)34(18-22-6-4-5-7-26(22)31)29(36)19-35(24-10-8-23(32)9-11-24)42(38,39)25-12-13-27-28(16-25)41-15-14-40-27/h4-13,16,20-21H,14-15,17-19H2,1-3H3,(H,33,37). The van der Waals surface area contributed by atoms with Crippen molar-refractivity contribution in [3.05, 3.63) is 83.1 Å². The largest absolute Gasteiger partial charge is 0.486 e. The third-order valence-corrected chi connectivity index (χ3v) is 8.78. The Hall–Kier alpha value is -3.83. The molecule has 0 saturated carbocycles. The second-order valence-electron chi connectivity index (χ2n) is 10.2. The molecule has 1 unspecified atom stereocenters. The molecule has 3 aromatic carbocycles. The zero-order valence-electron chi connectivity index (χ0n) is 23.5. The molecule has 0 radical (unpaired) electrons. The van der Waals surface area contributed by atoms with E-state index in [-0.39, 0.29) is 35.4 Å². The van der Waals surface area contributed by atoms with Crippen LogP contribution < -0.4 is 19.1 Å². The molecule has 0 aliphatic carbocycles. The summed E-state index contributed by atoms with van der Waals surface area (Å²) < 4.78 is 53.8. The monoisotopic (exact) mass is 617 g/mol. The zero-order valence-corrected chi connectivity index (χ0v) is 25.1. The maximum Gasteiger partial charge on any atom is 0.264 e. The number of hydrogen-bond acceptors (Lipinski definition) is 6. The van der Waals surface area contributed by atoms with Gasteiger partial charge in [-0.1, -0.05) is 43.6 Å². The van der Waals surface area contributed by atoms with Gasteiger partial charge >= 0.3 is 0 Å². The first-order valence-corrected chi connectivity index (χ1v) is 15.3. The summed E-state index contributed by atoms with van der Waals surface area (Å²) in [6, 6.07) is 14.9. The van der Waals surface area contributed by atoms with Crippen LogP contribution in [-0.2, 0) is 26.2 Å². The fourth-order valence-electron chi connectivity index (χ4n) is 4.29. The Morgan fingerprint density at radius 1 is 0.976 bits per heavy atom. The number of halogens is 2. The molecule has 1 heterocycles. The molecule has 1 atom stereocenters. The van der Waals surface area contributed by atoms with Crippen LogP contribution >= 0.6 is 11.6 Å². The van der Waals surface area contributed by atoms with Crippen molar-refractivity contribution in [3.63, 3.8) is 0 Å². The fourth-order valence-corrected chi connectivity index (χ4v) is 5.92. The first kappa shape index (κ1) is 31.1. The lowest BCUT2D eigenvalue weighted by molar-refractivity contribution is -0.139. The second-order valence-corrected chi connectivity index (χ2v) is 12.5. The predicted octanol–water partition coefficient (Wildman–Crippen LogP) is 4.64. The lowest BCUT2D eigenvalue weighted by Gasteiger charge is -2.32. The summed E-state index contributed by atoms with van der Waals surface area (Å²) in [5.41, 5.74) is 0.647. The first-order chi connectivity index (χ1) is 20.0. The quantitative estimate of drug-likeness (QED) is 0.336. The average Bonchev–Trinajstić information content (AvgIpc) is 2.98. The molecule has 2 amide bonds. The van der Waals surface area contributed by atoms with Crippen molar-refractivity contribution in [3.8, 4) is 11.5 Å². The van der Waals surface area contributed by atoms with Gasteiger partial charge in [0.1, 0.15) is 31.6 Å². The molecule has 0 aromatic heterocycles. The molecule has 12 heteroatoms. The summed E-state index contributed by atoms with van der Waals surface area (Å²) in [6.07, 6.45) is 0. The maximum absolute atomic E-state index is 14.0. The first-order valence-electron chi connectivity index (χ1n) is 13.5. The molecule has 0 saturated heterocycles. The van der Waals surface area contributed by atoms with E-state index in [1.807, 2.05) is 13.8 Å². The van der Waals surface area contributed by atoms with Crippen molar-refractivity contribution >= 4 is 39.1 Å². The predicted molar refractivity (Wildman–Crippen MR) is 158 cm³/mol. The fraction of sp³-hybridized carbons (Fsp3) is 0.333. The third-order valence-electron chi connectivity index (χ3n) is 6.65. The van der Waals surface area contributed by atoms with Gasteiger partial charge in [0.15, 0.2) is 11.5 Å². The van der Waals surface area contributed by atoms with Crippen LogP contribution in [0.2, 0.25) is 5.02 Å². The molecule has 1 aliphatic heterocycles. The van der Waals surface area contributed by atoms with E-state index in [0.717, 1.165) is 16.4 Å². The van der Waals surface area contributed by atoms with Gasteiger partial charge in [-0.05, 0) is 60.9 Å². The minimum absolute atomic E-state index is 0.0455. The van der Waals surface area contributed by atoms with Gasteiger partial charge < -0.3 is 19.7 Å². The molecule has 9 nitrogen and oxygen atoms in total. The number of benzene rings is 3. The molecule has 224 valence electrons. The number of rotatable bonds is 11. The van der Waals surface area contributed by atoms with E-state index in [9.17, 15) is 22.4 Å². The number of sulfonamides is 1. The average molecular weight is 618 g/mol. The van der Waals surface area contributed by atoms with Crippen LogP contribution in [0.25, 0.3) is 0 Å². The van der Waals surface area contributed by atoms with Crippen LogP contribution in [-0.4, -0.2) is 57.5 Å². The number of hydrogen-bond donors (Lipinski definition) is 1. The Bertz CT molecular complexity index is 1530. The topological polar surface area (TPSA) is 105 Å². The molecule has 42 heavy (non-hydrogen) atoms. The molecule has 0 bridgehead atoms. The number of anilines is 1. The van der Waals surface area contributed by atoms with E-state index in [2.05, 4.69) is 5.32 Å². The summed E-state index contributed by atoms with van der Waals surface area (Å²) >= 11 is 6.38. The number of ether oxygens (including phenoxy) is 2. The Kier molecular flexibility index (Phi) is 9.95. The minimum Gasteiger partial charge on any atom is -0.486 e. The van der Waals surface area contributed by atoms with Gasteiger partial charge in [0, 0.05) is 24.2 Å². The van der Waals surface area contributed by atoms with Crippen molar-refractivity contribution in [1.29, 1.82) is 0 Å². The van der Waals surface area contributed by atoms with Gasteiger partial charge in [-0.2, -0.15) is 0 Å². The van der Waals surface area contributed by atoms with Crippen LogP contribution in [0.5, 0.6) is 11.5 Å². The van der Waals surface area contributed by atoms with Crippen molar-refractivity contribution in [2.24, 2.45) is 5.92 Å². The van der Waals surface area contributed by atoms with Gasteiger partial charge in [0.05, 0.1) is 10.6 Å². The van der Waals surface area contributed by atoms with Crippen molar-refractivity contribution < 1.29 is 31.9 Å².